The minimum Gasteiger partial charge on any atom is -0.462 e. The monoisotopic (exact) mass is 825 g/mol. The Hall–Kier alpha value is -2.89. The number of allylic oxidation sites excluding steroid dienone is 10. The number of carbonyl (C=O) groups is 3. The predicted molar refractivity (Wildman–Crippen MR) is 251 cm³/mol. The van der Waals surface area contributed by atoms with Crippen LogP contribution in [-0.2, 0) is 28.6 Å². The molecule has 0 amide bonds. The van der Waals surface area contributed by atoms with E-state index in [2.05, 4.69) is 81.5 Å². The number of rotatable bonds is 44. The molecule has 0 aromatic carbocycles. The zero-order valence-corrected chi connectivity index (χ0v) is 38.8. The Morgan fingerprint density at radius 2 is 0.678 bits per heavy atom. The molecule has 0 aromatic heterocycles. The topological polar surface area (TPSA) is 78.9 Å². The lowest BCUT2D eigenvalue weighted by atomic mass is 10.0. The minimum absolute atomic E-state index is 0.0896. The van der Waals surface area contributed by atoms with E-state index in [9.17, 15) is 14.4 Å². The summed E-state index contributed by atoms with van der Waals surface area (Å²) in [7, 11) is 0. The van der Waals surface area contributed by atoms with Gasteiger partial charge >= 0.3 is 17.9 Å². The summed E-state index contributed by atoms with van der Waals surface area (Å²) in [5.41, 5.74) is 0. The Balaban J connectivity index is 4.38. The first-order valence-corrected chi connectivity index (χ1v) is 24.8. The molecule has 0 spiro atoms. The SMILES string of the molecule is CC\C=C/C=C\C=C/CCCCCCCC(=O)OC(COC(=O)CCCCC/C=C\C=C/CCCC)COC(=O)CCCCCCCCCCCCCCCCCCC. The molecule has 0 saturated carbocycles. The van der Waals surface area contributed by atoms with Gasteiger partial charge in [-0.3, -0.25) is 14.4 Å². The van der Waals surface area contributed by atoms with Gasteiger partial charge in [-0.05, 0) is 57.8 Å². The molecule has 6 nitrogen and oxygen atoms in total. The summed E-state index contributed by atoms with van der Waals surface area (Å²) in [5.74, 6) is -0.937. The molecule has 0 bridgehead atoms. The van der Waals surface area contributed by atoms with Crippen molar-refractivity contribution in [1.82, 2.24) is 0 Å². The molecule has 1 atom stereocenters. The molecule has 0 saturated heterocycles. The van der Waals surface area contributed by atoms with Gasteiger partial charge in [0.2, 0.25) is 0 Å². The van der Waals surface area contributed by atoms with Crippen LogP contribution in [-0.4, -0.2) is 37.2 Å². The van der Waals surface area contributed by atoms with Crippen LogP contribution in [0.3, 0.4) is 0 Å². The molecule has 0 aliphatic rings. The highest BCUT2D eigenvalue weighted by Gasteiger charge is 2.19. The summed E-state index contributed by atoms with van der Waals surface area (Å²) in [6.07, 6.45) is 57.8. The molecular formula is C53H92O6. The second-order valence-electron chi connectivity index (χ2n) is 16.4. The van der Waals surface area contributed by atoms with E-state index < -0.39 is 6.10 Å². The summed E-state index contributed by atoms with van der Waals surface area (Å²) < 4.78 is 16.7. The number of hydrogen-bond donors (Lipinski definition) is 0. The zero-order valence-electron chi connectivity index (χ0n) is 38.8. The normalized spacial score (nSPS) is 12.5. The van der Waals surface area contributed by atoms with Gasteiger partial charge < -0.3 is 14.2 Å². The molecule has 0 fully saturated rings. The average molecular weight is 825 g/mol. The first-order chi connectivity index (χ1) is 29.0. The summed E-state index contributed by atoms with van der Waals surface area (Å²) >= 11 is 0. The van der Waals surface area contributed by atoms with Crippen LogP contribution in [0, 0.1) is 0 Å². The van der Waals surface area contributed by atoms with Gasteiger partial charge in [0.15, 0.2) is 6.10 Å². The van der Waals surface area contributed by atoms with Gasteiger partial charge in [-0.2, -0.15) is 0 Å². The van der Waals surface area contributed by atoms with Crippen molar-refractivity contribution in [2.24, 2.45) is 0 Å². The molecule has 0 N–H and O–H groups in total. The quantitative estimate of drug-likeness (QED) is 0.0263. The number of unbranched alkanes of at least 4 members (excludes halogenated alkanes) is 26. The fourth-order valence-corrected chi connectivity index (χ4v) is 6.83. The maximum Gasteiger partial charge on any atom is 0.306 e. The van der Waals surface area contributed by atoms with E-state index in [4.69, 9.17) is 14.2 Å². The van der Waals surface area contributed by atoms with Crippen molar-refractivity contribution >= 4 is 17.9 Å². The van der Waals surface area contributed by atoms with Crippen molar-refractivity contribution in [2.75, 3.05) is 13.2 Å². The number of esters is 3. The van der Waals surface area contributed by atoms with E-state index in [0.717, 1.165) is 96.3 Å². The van der Waals surface area contributed by atoms with Gasteiger partial charge in [0.05, 0.1) is 0 Å². The van der Waals surface area contributed by atoms with Gasteiger partial charge in [0, 0.05) is 19.3 Å². The first-order valence-electron chi connectivity index (χ1n) is 24.8. The Morgan fingerprint density at radius 1 is 0.356 bits per heavy atom. The molecule has 1 unspecified atom stereocenters. The van der Waals surface area contributed by atoms with Gasteiger partial charge in [-0.1, -0.05) is 223 Å². The third kappa shape index (κ3) is 46.0. The summed E-state index contributed by atoms with van der Waals surface area (Å²) in [6.45, 7) is 6.42. The second kappa shape index (κ2) is 47.8. The molecule has 0 radical (unpaired) electrons. The van der Waals surface area contributed by atoms with Crippen molar-refractivity contribution in [3.63, 3.8) is 0 Å². The van der Waals surface area contributed by atoms with E-state index in [1.165, 1.54) is 103 Å². The molecule has 0 aromatic rings. The fourth-order valence-electron chi connectivity index (χ4n) is 6.83. The van der Waals surface area contributed by atoms with E-state index in [-0.39, 0.29) is 31.1 Å². The van der Waals surface area contributed by atoms with E-state index >= 15 is 0 Å². The van der Waals surface area contributed by atoms with Crippen molar-refractivity contribution < 1.29 is 28.6 Å². The van der Waals surface area contributed by atoms with Gasteiger partial charge in [-0.15, -0.1) is 0 Å². The van der Waals surface area contributed by atoms with Crippen molar-refractivity contribution in [3.8, 4) is 0 Å². The summed E-state index contributed by atoms with van der Waals surface area (Å²) in [4.78, 5) is 37.8. The average Bonchev–Trinajstić information content (AvgIpc) is 3.23. The van der Waals surface area contributed by atoms with Crippen LogP contribution >= 0.6 is 0 Å². The molecule has 0 heterocycles. The Bertz CT molecular complexity index is 1090. The zero-order chi connectivity index (χ0) is 43.0. The largest absolute Gasteiger partial charge is 0.462 e. The Morgan fingerprint density at radius 3 is 1.10 bits per heavy atom. The van der Waals surface area contributed by atoms with Crippen molar-refractivity contribution in [3.05, 3.63) is 60.8 Å². The number of carbonyl (C=O) groups excluding carboxylic acids is 3. The number of ether oxygens (including phenoxy) is 3. The van der Waals surface area contributed by atoms with Crippen LogP contribution in [0.4, 0.5) is 0 Å². The van der Waals surface area contributed by atoms with Crippen LogP contribution in [0.5, 0.6) is 0 Å². The lowest BCUT2D eigenvalue weighted by Crippen LogP contribution is -2.30. The summed E-state index contributed by atoms with van der Waals surface area (Å²) in [5, 5.41) is 0. The molecular weight excluding hydrogens is 733 g/mol. The molecule has 340 valence electrons. The van der Waals surface area contributed by atoms with Gasteiger partial charge in [-0.25, -0.2) is 0 Å². The third-order valence-corrected chi connectivity index (χ3v) is 10.6. The molecule has 0 rings (SSSR count). The Kier molecular flexibility index (Phi) is 45.4. The highest BCUT2D eigenvalue weighted by molar-refractivity contribution is 5.71. The predicted octanol–water partition coefficient (Wildman–Crippen LogP) is 16.1. The van der Waals surface area contributed by atoms with Gasteiger partial charge in [0.25, 0.3) is 0 Å². The van der Waals surface area contributed by atoms with E-state index in [1.807, 2.05) is 0 Å². The molecule has 59 heavy (non-hydrogen) atoms. The lowest BCUT2D eigenvalue weighted by molar-refractivity contribution is -0.167. The highest BCUT2D eigenvalue weighted by Crippen LogP contribution is 2.15. The highest BCUT2D eigenvalue weighted by atomic mass is 16.6. The van der Waals surface area contributed by atoms with Crippen LogP contribution in [0.2, 0.25) is 0 Å². The fraction of sp³-hybridized carbons (Fsp3) is 0.755. The van der Waals surface area contributed by atoms with Crippen molar-refractivity contribution in [2.45, 2.75) is 245 Å². The maximum atomic E-state index is 12.7. The molecule has 0 aliphatic carbocycles. The van der Waals surface area contributed by atoms with Crippen LogP contribution in [0.1, 0.15) is 239 Å². The van der Waals surface area contributed by atoms with E-state index in [1.54, 1.807) is 0 Å². The summed E-state index contributed by atoms with van der Waals surface area (Å²) in [6, 6.07) is 0. The Labute approximate surface area is 364 Å². The van der Waals surface area contributed by atoms with Crippen LogP contribution < -0.4 is 0 Å². The first kappa shape index (κ1) is 56.1. The van der Waals surface area contributed by atoms with Gasteiger partial charge in [0.1, 0.15) is 13.2 Å². The van der Waals surface area contributed by atoms with E-state index in [0.29, 0.717) is 19.3 Å². The van der Waals surface area contributed by atoms with Crippen LogP contribution in [0.25, 0.3) is 0 Å². The smallest absolute Gasteiger partial charge is 0.306 e. The minimum atomic E-state index is -0.792. The van der Waals surface area contributed by atoms with Crippen LogP contribution in [0.15, 0.2) is 60.8 Å². The standard InChI is InChI=1S/C53H92O6/c1-4-7-10-13-16-19-22-24-25-26-27-29-31-34-37-40-43-46-52(55)58-49-50(48-57-51(54)45-42-39-36-33-30-21-18-15-12-9-6-3)59-53(56)47-44-41-38-35-32-28-23-20-17-14-11-8-5-2/h8,11,14-15,17-18,20-21,23,30,50H,4-7,9-10,12-13,16,19,22,24-29,31-49H2,1-3H3/b11-8-,17-14-,18-15-,23-20-,30-21-. The third-order valence-electron chi connectivity index (χ3n) is 10.6. The molecule has 0 aliphatic heterocycles. The second-order valence-corrected chi connectivity index (χ2v) is 16.4. The maximum absolute atomic E-state index is 12.7. The number of hydrogen-bond acceptors (Lipinski definition) is 6. The lowest BCUT2D eigenvalue weighted by Gasteiger charge is -2.18. The van der Waals surface area contributed by atoms with Crippen molar-refractivity contribution in [1.29, 1.82) is 0 Å². The molecule has 6 heteroatoms.